The molecular formula is C16H19NO2. The van der Waals surface area contributed by atoms with E-state index in [1.165, 1.54) is 5.56 Å². The van der Waals surface area contributed by atoms with Gasteiger partial charge in [-0.3, -0.25) is 0 Å². The van der Waals surface area contributed by atoms with Gasteiger partial charge in [0.05, 0.1) is 7.11 Å². The van der Waals surface area contributed by atoms with Crippen LogP contribution in [0.3, 0.4) is 0 Å². The molecule has 3 heteroatoms. The van der Waals surface area contributed by atoms with E-state index in [4.69, 9.17) is 9.47 Å². The molecule has 0 unspecified atom stereocenters. The van der Waals surface area contributed by atoms with Gasteiger partial charge in [0.1, 0.15) is 17.2 Å². The molecule has 0 spiro atoms. The number of nitrogens with one attached hydrogen (secondary N) is 1. The van der Waals surface area contributed by atoms with Gasteiger partial charge in [0.25, 0.3) is 0 Å². The maximum absolute atomic E-state index is 5.91. The summed E-state index contributed by atoms with van der Waals surface area (Å²) in [6, 6.07) is 13.8. The number of ether oxygens (including phenoxy) is 2. The van der Waals surface area contributed by atoms with Crippen LogP contribution in [0.1, 0.15) is 11.1 Å². The Morgan fingerprint density at radius 1 is 1.00 bits per heavy atom. The van der Waals surface area contributed by atoms with E-state index < -0.39 is 0 Å². The van der Waals surface area contributed by atoms with Gasteiger partial charge in [-0.2, -0.15) is 0 Å². The Morgan fingerprint density at radius 3 is 2.32 bits per heavy atom. The smallest absolute Gasteiger partial charge is 0.130 e. The fourth-order valence-corrected chi connectivity index (χ4v) is 1.84. The first-order valence-corrected chi connectivity index (χ1v) is 6.29. The lowest BCUT2D eigenvalue weighted by Crippen LogP contribution is -2.05. The van der Waals surface area contributed by atoms with E-state index in [0.717, 1.165) is 29.4 Å². The molecule has 19 heavy (non-hydrogen) atoms. The monoisotopic (exact) mass is 257 g/mol. The number of hydrogen-bond donors (Lipinski definition) is 1. The average Bonchev–Trinajstić information content (AvgIpc) is 2.44. The molecule has 100 valence electrons. The van der Waals surface area contributed by atoms with Crippen LogP contribution in [-0.4, -0.2) is 14.2 Å². The normalized spacial score (nSPS) is 10.3. The van der Waals surface area contributed by atoms with Crippen molar-refractivity contribution in [2.75, 3.05) is 14.2 Å². The molecule has 0 atom stereocenters. The standard InChI is InChI=1S/C16H19NO2/c1-12-4-5-13(11-17-2)10-16(12)19-15-8-6-14(18-3)7-9-15/h4-10,17H,11H2,1-3H3. The van der Waals surface area contributed by atoms with Gasteiger partial charge < -0.3 is 14.8 Å². The molecule has 0 saturated carbocycles. The van der Waals surface area contributed by atoms with Crippen molar-refractivity contribution in [1.82, 2.24) is 5.32 Å². The first-order chi connectivity index (χ1) is 9.22. The van der Waals surface area contributed by atoms with Gasteiger partial charge in [0.15, 0.2) is 0 Å². The van der Waals surface area contributed by atoms with E-state index in [0.29, 0.717) is 0 Å². The third-order valence-electron chi connectivity index (χ3n) is 2.92. The summed E-state index contributed by atoms with van der Waals surface area (Å²) in [6.07, 6.45) is 0. The molecule has 1 N–H and O–H groups in total. The van der Waals surface area contributed by atoms with E-state index in [2.05, 4.69) is 23.5 Å². The van der Waals surface area contributed by atoms with E-state index in [1.54, 1.807) is 7.11 Å². The number of methoxy groups -OCH3 is 1. The summed E-state index contributed by atoms with van der Waals surface area (Å²) in [5, 5.41) is 3.14. The molecule has 2 aromatic carbocycles. The Kier molecular flexibility index (Phi) is 4.42. The zero-order valence-electron chi connectivity index (χ0n) is 11.6. The number of benzene rings is 2. The van der Waals surface area contributed by atoms with Crippen molar-refractivity contribution in [2.24, 2.45) is 0 Å². The molecule has 0 saturated heterocycles. The number of rotatable bonds is 5. The van der Waals surface area contributed by atoms with Crippen LogP contribution in [0.4, 0.5) is 0 Å². The lowest BCUT2D eigenvalue weighted by Gasteiger charge is -2.11. The minimum atomic E-state index is 0.811. The summed E-state index contributed by atoms with van der Waals surface area (Å²) < 4.78 is 11.0. The highest BCUT2D eigenvalue weighted by molar-refractivity contribution is 5.41. The predicted molar refractivity (Wildman–Crippen MR) is 77.0 cm³/mol. The molecule has 0 bridgehead atoms. The van der Waals surface area contributed by atoms with Crippen LogP contribution in [-0.2, 0) is 6.54 Å². The van der Waals surface area contributed by atoms with Gasteiger partial charge in [-0.15, -0.1) is 0 Å². The fraction of sp³-hybridized carbons (Fsp3) is 0.250. The molecule has 0 heterocycles. The van der Waals surface area contributed by atoms with Crippen molar-refractivity contribution in [1.29, 1.82) is 0 Å². The zero-order valence-corrected chi connectivity index (χ0v) is 11.6. The summed E-state index contributed by atoms with van der Waals surface area (Å²) >= 11 is 0. The Morgan fingerprint density at radius 2 is 1.68 bits per heavy atom. The number of aryl methyl sites for hydroxylation is 1. The highest BCUT2D eigenvalue weighted by Gasteiger charge is 2.03. The molecule has 0 amide bonds. The first kappa shape index (κ1) is 13.4. The van der Waals surface area contributed by atoms with Gasteiger partial charge in [0, 0.05) is 6.54 Å². The molecule has 0 aromatic heterocycles. The second-order valence-corrected chi connectivity index (χ2v) is 4.41. The van der Waals surface area contributed by atoms with Crippen LogP contribution < -0.4 is 14.8 Å². The maximum Gasteiger partial charge on any atom is 0.130 e. The summed E-state index contributed by atoms with van der Waals surface area (Å²) in [4.78, 5) is 0. The second-order valence-electron chi connectivity index (χ2n) is 4.41. The van der Waals surface area contributed by atoms with Crippen molar-refractivity contribution in [3.63, 3.8) is 0 Å². The van der Waals surface area contributed by atoms with Crippen molar-refractivity contribution in [3.05, 3.63) is 53.6 Å². The van der Waals surface area contributed by atoms with Gasteiger partial charge in [-0.05, 0) is 55.4 Å². The number of hydrogen-bond acceptors (Lipinski definition) is 3. The van der Waals surface area contributed by atoms with Crippen molar-refractivity contribution >= 4 is 0 Å². The summed E-state index contributed by atoms with van der Waals surface area (Å²) in [6.45, 7) is 2.88. The van der Waals surface area contributed by atoms with Crippen LogP contribution in [0.5, 0.6) is 17.2 Å². The molecule has 3 nitrogen and oxygen atoms in total. The van der Waals surface area contributed by atoms with Crippen LogP contribution in [0.2, 0.25) is 0 Å². The van der Waals surface area contributed by atoms with Crippen LogP contribution in [0.15, 0.2) is 42.5 Å². The van der Waals surface area contributed by atoms with Crippen LogP contribution >= 0.6 is 0 Å². The third kappa shape index (κ3) is 3.48. The van der Waals surface area contributed by atoms with E-state index in [9.17, 15) is 0 Å². The molecule has 0 aliphatic carbocycles. The Bertz CT molecular complexity index is 535. The molecule has 0 aliphatic rings. The minimum Gasteiger partial charge on any atom is -0.497 e. The Labute approximate surface area is 114 Å². The summed E-state index contributed by atoms with van der Waals surface area (Å²) in [5.41, 5.74) is 2.33. The van der Waals surface area contributed by atoms with Gasteiger partial charge in [0.2, 0.25) is 0 Å². The summed E-state index contributed by atoms with van der Waals surface area (Å²) in [7, 11) is 3.59. The van der Waals surface area contributed by atoms with E-state index in [-0.39, 0.29) is 0 Å². The average molecular weight is 257 g/mol. The largest absolute Gasteiger partial charge is 0.497 e. The molecular weight excluding hydrogens is 238 g/mol. The Balaban J connectivity index is 2.18. The zero-order chi connectivity index (χ0) is 13.7. The molecule has 0 radical (unpaired) electrons. The minimum absolute atomic E-state index is 0.811. The van der Waals surface area contributed by atoms with Gasteiger partial charge in [-0.1, -0.05) is 12.1 Å². The Hall–Kier alpha value is -2.00. The van der Waals surface area contributed by atoms with Crippen LogP contribution in [0.25, 0.3) is 0 Å². The molecule has 0 fully saturated rings. The lowest BCUT2D eigenvalue weighted by molar-refractivity contribution is 0.412. The lowest BCUT2D eigenvalue weighted by atomic mass is 10.1. The topological polar surface area (TPSA) is 30.5 Å². The molecule has 2 rings (SSSR count). The maximum atomic E-state index is 5.91. The SMILES string of the molecule is CNCc1ccc(C)c(Oc2ccc(OC)cc2)c1. The molecule has 0 aliphatic heterocycles. The summed E-state index contributed by atoms with van der Waals surface area (Å²) in [5.74, 6) is 2.52. The third-order valence-corrected chi connectivity index (χ3v) is 2.92. The predicted octanol–water partition coefficient (Wildman–Crippen LogP) is 3.52. The quantitative estimate of drug-likeness (QED) is 0.889. The van der Waals surface area contributed by atoms with Crippen molar-refractivity contribution < 1.29 is 9.47 Å². The molecule has 2 aromatic rings. The van der Waals surface area contributed by atoms with Crippen LogP contribution in [0, 0.1) is 6.92 Å². The van der Waals surface area contributed by atoms with E-state index in [1.807, 2.05) is 38.2 Å². The van der Waals surface area contributed by atoms with Crippen molar-refractivity contribution in [3.8, 4) is 17.2 Å². The second kappa shape index (κ2) is 6.25. The highest BCUT2D eigenvalue weighted by Crippen LogP contribution is 2.27. The fourth-order valence-electron chi connectivity index (χ4n) is 1.84. The van der Waals surface area contributed by atoms with Gasteiger partial charge in [-0.25, -0.2) is 0 Å². The van der Waals surface area contributed by atoms with Crippen molar-refractivity contribution in [2.45, 2.75) is 13.5 Å². The van der Waals surface area contributed by atoms with Gasteiger partial charge >= 0.3 is 0 Å². The first-order valence-electron chi connectivity index (χ1n) is 6.29. The highest BCUT2D eigenvalue weighted by atomic mass is 16.5. The van der Waals surface area contributed by atoms with E-state index >= 15 is 0 Å².